The van der Waals surface area contributed by atoms with Crippen molar-refractivity contribution >= 4 is 32.9 Å². The number of pyridine rings is 1. The first-order valence-corrected chi connectivity index (χ1v) is 8.47. The molecule has 2 heterocycles. The fourth-order valence-electron chi connectivity index (χ4n) is 2.98. The molecule has 0 spiro atoms. The van der Waals surface area contributed by atoms with Crippen molar-refractivity contribution in [2.75, 3.05) is 0 Å². The van der Waals surface area contributed by atoms with Crippen LogP contribution in [0.4, 0.5) is 0 Å². The molecule has 3 rings (SSSR count). The highest BCUT2D eigenvalue weighted by atomic mass is 79.9. The van der Waals surface area contributed by atoms with Gasteiger partial charge in [-0.2, -0.15) is 0 Å². The number of rotatable bonds is 2. The molecule has 0 atom stereocenters. The zero-order chi connectivity index (χ0) is 14.7. The molecule has 0 aliphatic heterocycles. The summed E-state index contributed by atoms with van der Waals surface area (Å²) in [5, 5.41) is 4.11. The van der Waals surface area contributed by atoms with Crippen LogP contribution in [0.5, 0.6) is 0 Å². The summed E-state index contributed by atoms with van der Waals surface area (Å²) in [5.74, 6) is -0.0227. The number of hydrogen-bond acceptors (Lipinski definition) is 2. The molecule has 2 N–H and O–H groups in total. The summed E-state index contributed by atoms with van der Waals surface area (Å²) in [6.07, 6.45) is 10.2. The molecule has 2 aromatic rings. The molecule has 1 aliphatic carbocycles. The first kappa shape index (κ1) is 14.6. The van der Waals surface area contributed by atoms with E-state index in [-0.39, 0.29) is 5.91 Å². The SMILES string of the molecule is O=C(NC1CCCCCCC1)c1cc2c(Br)ccnc2[nH]1. The molecule has 2 aromatic heterocycles. The molecule has 112 valence electrons. The predicted molar refractivity (Wildman–Crippen MR) is 87.4 cm³/mol. The summed E-state index contributed by atoms with van der Waals surface area (Å²) in [4.78, 5) is 19.8. The number of carbonyl (C=O) groups excluding carboxylic acids is 1. The number of aromatic amines is 1. The zero-order valence-electron chi connectivity index (χ0n) is 12.0. The zero-order valence-corrected chi connectivity index (χ0v) is 13.6. The van der Waals surface area contributed by atoms with Gasteiger partial charge in [0.2, 0.25) is 0 Å². The molecule has 0 radical (unpaired) electrons. The lowest BCUT2D eigenvalue weighted by Gasteiger charge is -2.20. The average Bonchev–Trinajstić information content (AvgIpc) is 2.87. The fraction of sp³-hybridized carbons (Fsp3) is 0.500. The van der Waals surface area contributed by atoms with Crippen molar-refractivity contribution in [1.82, 2.24) is 15.3 Å². The van der Waals surface area contributed by atoms with Crippen molar-refractivity contribution in [1.29, 1.82) is 0 Å². The topological polar surface area (TPSA) is 57.8 Å². The second kappa shape index (κ2) is 6.60. The summed E-state index contributed by atoms with van der Waals surface area (Å²) in [5.41, 5.74) is 1.33. The summed E-state index contributed by atoms with van der Waals surface area (Å²) in [7, 11) is 0. The van der Waals surface area contributed by atoms with Crippen LogP contribution in [-0.2, 0) is 0 Å². The third-order valence-electron chi connectivity index (χ3n) is 4.16. The van der Waals surface area contributed by atoms with Gasteiger partial charge in [-0.3, -0.25) is 4.79 Å². The lowest BCUT2D eigenvalue weighted by molar-refractivity contribution is 0.0926. The monoisotopic (exact) mass is 349 g/mol. The van der Waals surface area contributed by atoms with E-state index in [1.165, 1.54) is 32.1 Å². The minimum atomic E-state index is -0.0227. The number of nitrogens with zero attached hydrogens (tertiary/aromatic N) is 1. The van der Waals surface area contributed by atoms with Gasteiger partial charge >= 0.3 is 0 Å². The summed E-state index contributed by atoms with van der Waals surface area (Å²) in [6.45, 7) is 0. The molecule has 0 aromatic carbocycles. The third-order valence-corrected chi connectivity index (χ3v) is 4.86. The predicted octanol–water partition coefficient (Wildman–Crippen LogP) is 4.17. The van der Waals surface area contributed by atoms with Gasteiger partial charge < -0.3 is 10.3 Å². The highest BCUT2D eigenvalue weighted by Gasteiger charge is 2.17. The van der Waals surface area contributed by atoms with Crippen LogP contribution in [0, 0.1) is 0 Å². The van der Waals surface area contributed by atoms with Crippen LogP contribution in [0.25, 0.3) is 11.0 Å². The van der Waals surface area contributed by atoms with Crippen molar-refractivity contribution in [3.8, 4) is 0 Å². The maximum atomic E-state index is 12.4. The molecule has 0 unspecified atom stereocenters. The van der Waals surface area contributed by atoms with Crippen LogP contribution in [-0.4, -0.2) is 21.9 Å². The Morgan fingerprint density at radius 2 is 1.95 bits per heavy atom. The molecule has 1 fully saturated rings. The summed E-state index contributed by atoms with van der Waals surface area (Å²) in [6, 6.07) is 4.05. The van der Waals surface area contributed by atoms with Gasteiger partial charge in [0.1, 0.15) is 11.3 Å². The van der Waals surface area contributed by atoms with Crippen LogP contribution in [0.2, 0.25) is 0 Å². The summed E-state index contributed by atoms with van der Waals surface area (Å²) < 4.78 is 0.953. The number of halogens is 1. The quantitative estimate of drug-likeness (QED) is 0.854. The van der Waals surface area contributed by atoms with Gasteiger partial charge in [0.25, 0.3) is 5.91 Å². The second-order valence-corrected chi connectivity index (χ2v) is 6.61. The molecule has 5 heteroatoms. The van der Waals surface area contributed by atoms with E-state index >= 15 is 0 Å². The van der Waals surface area contributed by atoms with E-state index in [9.17, 15) is 4.79 Å². The Morgan fingerprint density at radius 1 is 1.24 bits per heavy atom. The van der Waals surface area contributed by atoms with Gasteiger partial charge in [0, 0.05) is 22.1 Å². The maximum Gasteiger partial charge on any atom is 0.267 e. The van der Waals surface area contributed by atoms with Crippen LogP contribution >= 0.6 is 15.9 Å². The Balaban J connectivity index is 1.72. The molecule has 1 amide bonds. The van der Waals surface area contributed by atoms with Gasteiger partial charge in [-0.1, -0.05) is 32.1 Å². The molecular weight excluding hydrogens is 330 g/mol. The molecule has 0 saturated heterocycles. The van der Waals surface area contributed by atoms with E-state index in [0.717, 1.165) is 28.3 Å². The van der Waals surface area contributed by atoms with Crippen molar-refractivity contribution < 1.29 is 4.79 Å². The van der Waals surface area contributed by atoms with E-state index in [1.807, 2.05) is 12.1 Å². The Hall–Kier alpha value is -1.36. The van der Waals surface area contributed by atoms with Gasteiger partial charge in [-0.25, -0.2) is 4.98 Å². The van der Waals surface area contributed by atoms with E-state index in [4.69, 9.17) is 0 Å². The van der Waals surface area contributed by atoms with E-state index in [2.05, 4.69) is 31.2 Å². The number of hydrogen-bond donors (Lipinski definition) is 2. The Kier molecular flexibility index (Phi) is 4.58. The number of aromatic nitrogens is 2. The van der Waals surface area contributed by atoms with Crippen molar-refractivity contribution in [2.45, 2.75) is 51.0 Å². The van der Waals surface area contributed by atoms with Crippen LogP contribution < -0.4 is 5.32 Å². The smallest absolute Gasteiger partial charge is 0.267 e. The first-order valence-electron chi connectivity index (χ1n) is 7.68. The summed E-state index contributed by atoms with van der Waals surface area (Å²) >= 11 is 3.49. The Bertz CT molecular complexity index is 629. The number of fused-ring (bicyclic) bond motifs is 1. The van der Waals surface area contributed by atoms with Gasteiger partial charge in [0.05, 0.1) is 0 Å². The van der Waals surface area contributed by atoms with Crippen molar-refractivity contribution in [3.63, 3.8) is 0 Å². The molecular formula is C16H20BrN3O. The first-order chi connectivity index (χ1) is 10.2. The van der Waals surface area contributed by atoms with E-state index in [1.54, 1.807) is 6.20 Å². The largest absolute Gasteiger partial charge is 0.348 e. The highest BCUT2D eigenvalue weighted by Crippen LogP contribution is 2.23. The van der Waals surface area contributed by atoms with Crippen LogP contribution in [0.1, 0.15) is 55.4 Å². The van der Waals surface area contributed by atoms with Gasteiger partial charge in [-0.05, 0) is 40.9 Å². The Morgan fingerprint density at radius 3 is 2.67 bits per heavy atom. The highest BCUT2D eigenvalue weighted by molar-refractivity contribution is 9.10. The van der Waals surface area contributed by atoms with E-state index in [0.29, 0.717) is 11.7 Å². The minimum absolute atomic E-state index is 0.0227. The number of carbonyl (C=O) groups is 1. The lowest BCUT2D eigenvalue weighted by Crippen LogP contribution is -2.35. The number of H-pyrrole nitrogens is 1. The Labute approximate surface area is 132 Å². The van der Waals surface area contributed by atoms with Gasteiger partial charge in [-0.15, -0.1) is 0 Å². The molecule has 1 saturated carbocycles. The fourth-order valence-corrected chi connectivity index (χ4v) is 3.40. The van der Waals surface area contributed by atoms with Gasteiger partial charge in [0.15, 0.2) is 0 Å². The second-order valence-electron chi connectivity index (χ2n) is 5.75. The number of amides is 1. The number of nitrogens with one attached hydrogen (secondary N) is 2. The lowest BCUT2D eigenvalue weighted by atomic mass is 9.96. The standard InChI is InChI=1S/C16H20BrN3O/c17-13-8-9-18-15-12(13)10-14(20-15)16(21)19-11-6-4-2-1-3-5-7-11/h8-11H,1-7H2,(H,18,20)(H,19,21). The van der Waals surface area contributed by atoms with Crippen LogP contribution in [0.3, 0.4) is 0 Å². The van der Waals surface area contributed by atoms with E-state index < -0.39 is 0 Å². The molecule has 21 heavy (non-hydrogen) atoms. The molecule has 4 nitrogen and oxygen atoms in total. The maximum absolute atomic E-state index is 12.4. The third kappa shape index (κ3) is 3.46. The minimum Gasteiger partial charge on any atom is -0.348 e. The van der Waals surface area contributed by atoms with Crippen molar-refractivity contribution in [3.05, 3.63) is 28.5 Å². The van der Waals surface area contributed by atoms with Crippen LogP contribution in [0.15, 0.2) is 22.8 Å². The average molecular weight is 350 g/mol. The normalized spacial score (nSPS) is 17.4. The van der Waals surface area contributed by atoms with Crippen molar-refractivity contribution in [2.24, 2.45) is 0 Å². The molecule has 0 bridgehead atoms. The molecule has 1 aliphatic rings.